The first-order valence-corrected chi connectivity index (χ1v) is 16.8. The van der Waals surface area contributed by atoms with E-state index in [0.717, 1.165) is 39.5 Å². The molecule has 0 fully saturated rings. The molecule has 0 radical (unpaired) electrons. The number of rotatable bonds is 18. The lowest BCUT2D eigenvalue weighted by molar-refractivity contribution is -0.136. The van der Waals surface area contributed by atoms with Gasteiger partial charge in [0, 0.05) is 18.8 Å². The summed E-state index contributed by atoms with van der Waals surface area (Å²) in [6.45, 7) is 0.546. The Hall–Kier alpha value is -4.96. The molecule has 252 valence electrons. The van der Waals surface area contributed by atoms with Crippen molar-refractivity contribution in [1.82, 2.24) is 16.0 Å². The van der Waals surface area contributed by atoms with Crippen LogP contribution in [-0.4, -0.2) is 63.4 Å². The van der Waals surface area contributed by atoms with Crippen LogP contribution < -0.4 is 30.2 Å². The average Bonchev–Trinajstić information content (AvgIpc) is 3.12. The Morgan fingerprint density at radius 3 is 1.62 bits per heavy atom. The highest BCUT2D eigenvalue weighted by Crippen LogP contribution is 2.24. The maximum atomic E-state index is 13.9. The number of ether oxygens (including phenoxy) is 3. The molecule has 1 atom stereocenters. The first kappa shape index (κ1) is 35.9. The van der Waals surface area contributed by atoms with Gasteiger partial charge in [-0.15, -0.1) is 11.8 Å². The van der Waals surface area contributed by atoms with Crippen molar-refractivity contribution in [2.75, 3.05) is 34.4 Å². The van der Waals surface area contributed by atoms with Gasteiger partial charge in [0.05, 0.1) is 26.6 Å². The van der Waals surface area contributed by atoms with Crippen molar-refractivity contribution in [2.24, 2.45) is 0 Å². The third kappa shape index (κ3) is 11.4. The number of hydrogen-bond acceptors (Lipinski definition) is 7. The van der Waals surface area contributed by atoms with E-state index in [4.69, 9.17) is 14.2 Å². The third-order valence-electron chi connectivity index (χ3n) is 7.67. The quantitative estimate of drug-likeness (QED) is 0.131. The molecule has 0 aliphatic heterocycles. The molecule has 0 saturated heterocycles. The molecule has 0 aromatic heterocycles. The van der Waals surface area contributed by atoms with Crippen molar-refractivity contribution in [2.45, 2.75) is 36.3 Å². The standard InChI is InChI=1S/C38H43N3O6S/c1-45-31-17-15-30(16-18-31)26-48-34(25-27-9-5-4-6-10-27)36(42)41-35(37(43)39-21-19-28-11-7-13-32(23-28)46-2)38(44)40-22-20-29-12-8-14-33(24-29)47-3/h4-18,23-24,34-35H,19-22,25-26H2,1-3H3,(H,39,43)(H,40,44)(H,41,42)/t34-/m0/s1. The highest BCUT2D eigenvalue weighted by atomic mass is 32.2. The Kier molecular flexibility index (Phi) is 14.2. The monoisotopic (exact) mass is 669 g/mol. The fourth-order valence-corrected chi connectivity index (χ4v) is 6.10. The third-order valence-corrected chi connectivity index (χ3v) is 8.95. The Bertz CT molecular complexity index is 1550. The molecule has 10 heteroatoms. The highest BCUT2D eigenvalue weighted by molar-refractivity contribution is 7.99. The summed E-state index contributed by atoms with van der Waals surface area (Å²) in [5, 5.41) is 7.91. The topological polar surface area (TPSA) is 115 Å². The van der Waals surface area contributed by atoms with Crippen molar-refractivity contribution in [3.05, 3.63) is 125 Å². The summed E-state index contributed by atoms with van der Waals surface area (Å²) in [5.74, 6) is 1.19. The van der Waals surface area contributed by atoms with Crippen LogP contribution in [0, 0.1) is 0 Å². The Morgan fingerprint density at radius 1 is 0.583 bits per heavy atom. The summed E-state index contributed by atoms with van der Waals surface area (Å²) in [4.78, 5) is 40.9. The fourth-order valence-electron chi connectivity index (χ4n) is 4.98. The molecule has 0 unspecified atom stereocenters. The minimum absolute atomic E-state index is 0.273. The van der Waals surface area contributed by atoms with Gasteiger partial charge in [-0.25, -0.2) is 0 Å². The molecular formula is C38H43N3O6S. The van der Waals surface area contributed by atoms with Crippen molar-refractivity contribution >= 4 is 29.5 Å². The molecule has 4 rings (SSSR count). The maximum absolute atomic E-state index is 13.9. The number of amides is 3. The molecular weight excluding hydrogens is 627 g/mol. The molecule has 3 N–H and O–H groups in total. The summed E-state index contributed by atoms with van der Waals surface area (Å²) in [7, 11) is 4.81. The Morgan fingerprint density at radius 2 is 1.10 bits per heavy atom. The van der Waals surface area contributed by atoms with Gasteiger partial charge in [-0.1, -0.05) is 66.7 Å². The van der Waals surface area contributed by atoms with Crippen LogP contribution in [0.3, 0.4) is 0 Å². The number of methoxy groups -OCH3 is 3. The summed E-state index contributed by atoms with van der Waals surface area (Å²) in [6.07, 6.45) is 1.47. The van der Waals surface area contributed by atoms with Gasteiger partial charge in [0.1, 0.15) is 17.2 Å². The largest absolute Gasteiger partial charge is 0.497 e. The van der Waals surface area contributed by atoms with Gasteiger partial charge in [-0.2, -0.15) is 0 Å². The van der Waals surface area contributed by atoms with Crippen LogP contribution in [0.25, 0.3) is 0 Å². The average molecular weight is 670 g/mol. The first-order chi connectivity index (χ1) is 23.4. The van der Waals surface area contributed by atoms with E-state index >= 15 is 0 Å². The van der Waals surface area contributed by atoms with E-state index in [2.05, 4.69) is 16.0 Å². The van der Waals surface area contributed by atoms with Gasteiger partial charge in [0.25, 0.3) is 11.8 Å². The second kappa shape index (κ2) is 19.0. The number of benzene rings is 4. The number of nitrogens with one attached hydrogen (secondary N) is 3. The van der Waals surface area contributed by atoms with E-state index in [9.17, 15) is 14.4 Å². The van der Waals surface area contributed by atoms with Crippen molar-refractivity contribution in [1.29, 1.82) is 0 Å². The smallest absolute Gasteiger partial charge is 0.252 e. The molecule has 0 saturated carbocycles. The van der Waals surface area contributed by atoms with E-state index < -0.39 is 29.0 Å². The lowest BCUT2D eigenvalue weighted by Crippen LogP contribution is -2.57. The molecule has 9 nitrogen and oxygen atoms in total. The van der Waals surface area contributed by atoms with Crippen LogP contribution in [-0.2, 0) is 39.4 Å². The van der Waals surface area contributed by atoms with Crippen LogP contribution >= 0.6 is 11.8 Å². The summed E-state index contributed by atoms with van der Waals surface area (Å²) < 4.78 is 15.9. The molecule has 0 spiro atoms. The molecule has 0 aliphatic carbocycles. The SMILES string of the molecule is COc1ccc(CS[C@@H](Cc2ccccc2)C(=O)NC(C(=O)NCCc2cccc(OC)c2)C(=O)NCCc2cccc(OC)c2)cc1. The first-order valence-electron chi connectivity index (χ1n) is 15.8. The summed E-state index contributed by atoms with van der Waals surface area (Å²) in [6, 6.07) is 31.1. The molecule has 3 amide bonds. The van der Waals surface area contributed by atoms with Crippen molar-refractivity contribution in [3.8, 4) is 17.2 Å². The van der Waals surface area contributed by atoms with Gasteiger partial charge in [0.2, 0.25) is 5.91 Å². The zero-order chi connectivity index (χ0) is 34.1. The Balaban J connectivity index is 1.47. The minimum Gasteiger partial charge on any atom is -0.497 e. The van der Waals surface area contributed by atoms with Crippen LogP contribution in [0.2, 0.25) is 0 Å². The normalized spacial score (nSPS) is 11.3. The summed E-state index contributed by atoms with van der Waals surface area (Å²) in [5.41, 5.74) is 3.93. The predicted molar refractivity (Wildman–Crippen MR) is 190 cm³/mol. The second-order valence-electron chi connectivity index (χ2n) is 11.1. The van der Waals surface area contributed by atoms with Crippen LogP contribution in [0.4, 0.5) is 0 Å². The van der Waals surface area contributed by atoms with E-state index in [1.807, 2.05) is 103 Å². The van der Waals surface area contributed by atoms with E-state index in [-0.39, 0.29) is 13.1 Å². The lowest BCUT2D eigenvalue weighted by atomic mass is 10.1. The number of carbonyl (C=O) groups is 3. The molecule has 4 aromatic rings. The molecule has 0 aliphatic rings. The predicted octanol–water partition coefficient (Wildman–Crippen LogP) is 4.76. The van der Waals surface area contributed by atoms with Gasteiger partial charge in [-0.05, 0) is 77.9 Å². The second-order valence-corrected chi connectivity index (χ2v) is 12.3. The van der Waals surface area contributed by atoms with Gasteiger partial charge in [0.15, 0.2) is 6.04 Å². The molecule has 48 heavy (non-hydrogen) atoms. The van der Waals surface area contributed by atoms with E-state index in [0.29, 0.717) is 25.0 Å². The van der Waals surface area contributed by atoms with Crippen molar-refractivity contribution < 1.29 is 28.6 Å². The fraction of sp³-hybridized carbons (Fsp3) is 0.289. The van der Waals surface area contributed by atoms with E-state index in [1.165, 1.54) is 11.8 Å². The van der Waals surface area contributed by atoms with Crippen LogP contribution in [0.1, 0.15) is 22.3 Å². The number of thioether (sulfide) groups is 1. The van der Waals surface area contributed by atoms with Gasteiger partial charge in [-0.3, -0.25) is 14.4 Å². The number of carbonyl (C=O) groups excluding carboxylic acids is 3. The lowest BCUT2D eigenvalue weighted by Gasteiger charge is -2.22. The summed E-state index contributed by atoms with van der Waals surface area (Å²) >= 11 is 1.45. The number of hydrogen-bond donors (Lipinski definition) is 3. The van der Waals surface area contributed by atoms with Gasteiger partial charge < -0.3 is 30.2 Å². The minimum atomic E-state index is -1.42. The van der Waals surface area contributed by atoms with E-state index in [1.54, 1.807) is 21.3 Å². The van der Waals surface area contributed by atoms with Crippen LogP contribution in [0.5, 0.6) is 17.2 Å². The van der Waals surface area contributed by atoms with Gasteiger partial charge >= 0.3 is 0 Å². The zero-order valence-corrected chi connectivity index (χ0v) is 28.4. The molecule has 0 bridgehead atoms. The Labute approximate surface area is 286 Å². The van der Waals surface area contributed by atoms with Crippen LogP contribution in [0.15, 0.2) is 103 Å². The maximum Gasteiger partial charge on any atom is 0.252 e. The zero-order valence-electron chi connectivity index (χ0n) is 27.6. The molecule has 0 heterocycles. The molecule has 4 aromatic carbocycles. The van der Waals surface area contributed by atoms with Crippen molar-refractivity contribution in [3.63, 3.8) is 0 Å². The highest BCUT2D eigenvalue weighted by Gasteiger charge is 2.31.